The fraction of sp³-hybridized carbons (Fsp3) is 0.562. The van der Waals surface area contributed by atoms with Crippen molar-refractivity contribution < 1.29 is 0 Å². The predicted octanol–water partition coefficient (Wildman–Crippen LogP) is 1.59. The summed E-state index contributed by atoms with van der Waals surface area (Å²) in [5, 5.41) is 0. The molecule has 4 heteroatoms. The molecule has 0 amide bonds. The number of aryl methyl sites for hydroxylation is 1. The van der Waals surface area contributed by atoms with Crippen LogP contribution >= 0.6 is 0 Å². The summed E-state index contributed by atoms with van der Waals surface area (Å²) in [6.45, 7) is 6.57. The molecule has 1 aromatic carbocycles. The van der Waals surface area contributed by atoms with E-state index >= 15 is 0 Å². The van der Waals surface area contributed by atoms with Crippen LogP contribution in [0.2, 0.25) is 0 Å². The van der Waals surface area contributed by atoms with Crippen LogP contribution in [-0.4, -0.2) is 42.6 Å². The Morgan fingerprint density at radius 1 is 1.20 bits per heavy atom. The maximum Gasteiger partial charge on any atom is 0.196 e. The molecule has 4 aliphatic heterocycles. The van der Waals surface area contributed by atoms with Crippen molar-refractivity contribution in [3.63, 3.8) is 0 Å². The summed E-state index contributed by atoms with van der Waals surface area (Å²) in [5.74, 6) is 1.42. The van der Waals surface area contributed by atoms with Crippen molar-refractivity contribution in [1.29, 1.82) is 0 Å². The number of hydrogen-bond donors (Lipinski definition) is 1. The fourth-order valence-corrected chi connectivity index (χ4v) is 4.25. The number of benzene rings is 1. The van der Waals surface area contributed by atoms with Gasteiger partial charge >= 0.3 is 0 Å². The summed E-state index contributed by atoms with van der Waals surface area (Å²) in [5.41, 5.74) is 8.83. The Morgan fingerprint density at radius 2 is 1.90 bits per heavy atom. The van der Waals surface area contributed by atoms with Crippen molar-refractivity contribution in [2.75, 3.05) is 31.1 Å². The minimum Gasteiger partial charge on any atom is -0.369 e. The third-order valence-electron chi connectivity index (χ3n) is 5.33. The van der Waals surface area contributed by atoms with Crippen LogP contribution in [0.25, 0.3) is 0 Å². The van der Waals surface area contributed by atoms with Gasteiger partial charge in [0, 0.05) is 12.2 Å². The van der Waals surface area contributed by atoms with Crippen LogP contribution in [0.1, 0.15) is 18.4 Å². The molecule has 2 bridgehead atoms. The van der Waals surface area contributed by atoms with Crippen molar-refractivity contribution in [3.05, 3.63) is 29.8 Å². The first-order valence-electron chi connectivity index (χ1n) is 7.58. The SMILES string of the molecule is Cc1ccc(N2C(N)=NCC23CN2CCC3CC2)cc1. The van der Waals surface area contributed by atoms with E-state index in [1.54, 1.807) is 0 Å². The van der Waals surface area contributed by atoms with E-state index in [4.69, 9.17) is 5.73 Å². The summed E-state index contributed by atoms with van der Waals surface area (Å²) in [6, 6.07) is 8.69. The van der Waals surface area contributed by atoms with Gasteiger partial charge in [-0.2, -0.15) is 0 Å². The first-order chi connectivity index (χ1) is 9.69. The lowest BCUT2D eigenvalue weighted by atomic mass is 9.72. The van der Waals surface area contributed by atoms with Gasteiger partial charge in [0.05, 0.1) is 12.1 Å². The molecule has 1 spiro atoms. The number of guanidine groups is 1. The molecule has 0 saturated carbocycles. The zero-order chi connectivity index (χ0) is 13.7. The number of aliphatic imine (C=N–C) groups is 1. The van der Waals surface area contributed by atoms with E-state index in [0.717, 1.165) is 19.0 Å². The standard InChI is InChI=1S/C16H22N4/c1-12-2-4-14(5-3-12)20-15(17)18-10-16(20)11-19-8-6-13(16)7-9-19/h2-5,13H,6-11H2,1H3,(H2,17,18). The normalized spacial score (nSPS) is 35.6. The van der Waals surface area contributed by atoms with E-state index in [1.807, 2.05) is 0 Å². The lowest BCUT2D eigenvalue weighted by molar-refractivity contribution is 0.0391. The molecule has 4 nitrogen and oxygen atoms in total. The van der Waals surface area contributed by atoms with Gasteiger partial charge in [0.15, 0.2) is 5.96 Å². The molecule has 5 rings (SSSR count). The average Bonchev–Trinajstić information content (AvgIpc) is 2.78. The lowest BCUT2D eigenvalue weighted by Gasteiger charge is -2.55. The third kappa shape index (κ3) is 1.61. The zero-order valence-corrected chi connectivity index (χ0v) is 12.0. The summed E-state index contributed by atoms with van der Waals surface area (Å²) < 4.78 is 0. The first kappa shape index (κ1) is 12.2. The maximum absolute atomic E-state index is 6.24. The number of piperidine rings is 3. The number of rotatable bonds is 1. The Labute approximate surface area is 120 Å². The Bertz CT molecular complexity index is 542. The highest BCUT2D eigenvalue weighted by Crippen LogP contribution is 2.44. The molecule has 0 aromatic heterocycles. The van der Waals surface area contributed by atoms with E-state index in [1.165, 1.54) is 37.2 Å². The third-order valence-corrected chi connectivity index (χ3v) is 5.33. The highest BCUT2D eigenvalue weighted by Gasteiger charge is 2.53. The minimum absolute atomic E-state index is 0.107. The Hall–Kier alpha value is -1.55. The maximum atomic E-state index is 6.24. The van der Waals surface area contributed by atoms with E-state index in [2.05, 4.69) is 46.0 Å². The second-order valence-electron chi connectivity index (χ2n) is 6.50. The van der Waals surface area contributed by atoms with Crippen LogP contribution in [0.3, 0.4) is 0 Å². The van der Waals surface area contributed by atoms with Crippen LogP contribution in [0, 0.1) is 12.8 Å². The molecule has 4 aliphatic rings. The number of fused-ring (bicyclic) bond motifs is 2. The summed E-state index contributed by atoms with van der Waals surface area (Å²) in [7, 11) is 0. The van der Waals surface area contributed by atoms with Gasteiger partial charge in [0.1, 0.15) is 0 Å². The monoisotopic (exact) mass is 270 g/mol. The fourth-order valence-electron chi connectivity index (χ4n) is 4.25. The van der Waals surface area contributed by atoms with Gasteiger partial charge < -0.3 is 15.5 Å². The van der Waals surface area contributed by atoms with E-state index < -0.39 is 0 Å². The first-order valence-corrected chi connectivity index (χ1v) is 7.58. The number of nitrogens with two attached hydrogens (primary N) is 1. The molecular weight excluding hydrogens is 248 g/mol. The Morgan fingerprint density at radius 3 is 2.50 bits per heavy atom. The predicted molar refractivity (Wildman–Crippen MR) is 82.0 cm³/mol. The molecule has 3 saturated heterocycles. The van der Waals surface area contributed by atoms with Gasteiger partial charge in [0.2, 0.25) is 0 Å². The molecule has 0 aliphatic carbocycles. The van der Waals surface area contributed by atoms with Crippen molar-refractivity contribution in [1.82, 2.24) is 4.90 Å². The largest absolute Gasteiger partial charge is 0.369 e. The van der Waals surface area contributed by atoms with Gasteiger partial charge in [-0.25, -0.2) is 0 Å². The average molecular weight is 270 g/mol. The molecule has 1 unspecified atom stereocenters. The van der Waals surface area contributed by atoms with Gasteiger partial charge in [0.25, 0.3) is 0 Å². The van der Waals surface area contributed by atoms with E-state index in [0.29, 0.717) is 5.96 Å². The minimum atomic E-state index is 0.107. The molecule has 1 atom stereocenters. The number of anilines is 1. The van der Waals surface area contributed by atoms with Crippen LogP contribution in [0.15, 0.2) is 29.3 Å². The van der Waals surface area contributed by atoms with Crippen molar-refractivity contribution in [2.24, 2.45) is 16.6 Å². The van der Waals surface area contributed by atoms with Gasteiger partial charge in [-0.05, 0) is 50.9 Å². The topological polar surface area (TPSA) is 44.9 Å². The number of hydrogen-bond acceptors (Lipinski definition) is 4. The number of nitrogens with zero attached hydrogens (tertiary/aromatic N) is 3. The molecule has 0 radical (unpaired) electrons. The van der Waals surface area contributed by atoms with Crippen LogP contribution in [0.4, 0.5) is 5.69 Å². The Kier molecular flexibility index (Phi) is 2.58. The highest BCUT2D eigenvalue weighted by atomic mass is 15.4. The van der Waals surface area contributed by atoms with Gasteiger partial charge in [-0.1, -0.05) is 17.7 Å². The molecule has 20 heavy (non-hydrogen) atoms. The van der Waals surface area contributed by atoms with Crippen molar-refractivity contribution >= 4 is 11.6 Å². The molecule has 106 valence electrons. The van der Waals surface area contributed by atoms with Gasteiger partial charge in [-0.3, -0.25) is 4.99 Å². The quantitative estimate of drug-likeness (QED) is 0.843. The second kappa shape index (κ2) is 4.22. The lowest BCUT2D eigenvalue weighted by Crippen LogP contribution is -2.68. The highest BCUT2D eigenvalue weighted by molar-refractivity contribution is 5.98. The van der Waals surface area contributed by atoms with Crippen molar-refractivity contribution in [3.8, 4) is 0 Å². The summed E-state index contributed by atoms with van der Waals surface area (Å²) in [6.07, 6.45) is 2.57. The molecule has 2 N–H and O–H groups in total. The summed E-state index contributed by atoms with van der Waals surface area (Å²) in [4.78, 5) is 9.51. The van der Waals surface area contributed by atoms with Crippen molar-refractivity contribution in [2.45, 2.75) is 25.3 Å². The van der Waals surface area contributed by atoms with E-state index in [-0.39, 0.29) is 5.54 Å². The van der Waals surface area contributed by atoms with Gasteiger partial charge in [-0.15, -0.1) is 0 Å². The summed E-state index contributed by atoms with van der Waals surface area (Å²) >= 11 is 0. The smallest absolute Gasteiger partial charge is 0.196 e. The zero-order valence-electron chi connectivity index (χ0n) is 12.0. The Balaban J connectivity index is 1.75. The van der Waals surface area contributed by atoms with E-state index in [9.17, 15) is 0 Å². The molecule has 4 heterocycles. The molecule has 3 fully saturated rings. The van der Waals surface area contributed by atoms with Crippen LogP contribution < -0.4 is 10.6 Å². The molecule has 1 aromatic rings. The van der Waals surface area contributed by atoms with Crippen LogP contribution in [0.5, 0.6) is 0 Å². The van der Waals surface area contributed by atoms with Crippen LogP contribution in [-0.2, 0) is 0 Å². The molecular formula is C16H22N4. The second-order valence-corrected chi connectivity index (χ2v) is 6.50.